The molecule has 0 saturated carbocycles. The monoisotopic (exact) mass is 337 g/mol. The van der Waals surface area contributed by atoms with Gasteiger partial charge in [-0.05, 0) is 24.3 Å². The van der Waals surface area contributed by atoms with Gasteiger partial charge in [0.2, 0.25) is 0 Å². The van der Waals surface area contributed by atoms with Crippen LogP contribution in [0.25, 0.3) is 16.8 Å². The number of ether oxygens (including phenoxy) is 1. The minimum absolute atomic E-state index is 0.231. The standard InChI is InChI=1S/C15H14F3N5O/c1-20-10-5-8(3-4-12(10)24-2)11-6-9(15(16,17)18)13-14(19)21-7-22-23(11)13/h3-7,20H,1-2H3,(H2,19,21,22). The van der Waals surface area contributed by atoms with Crippen molar-refractivity contribution in [3.8, 4) is 17.0 Å². The third-order valence-electron chi connectivity index (χ3n) is 3.65. The fraction of sp³-hybridized carbons (Fsp3) is 0.200. The molecule has 0 radical (unpaired) electrons. The highest BCUT2D eigenvalue weighted by atomic mass is 19.4. The fourth-order valence-electron chi connectivity index (χ4n) is 2.55. The van der Waals surface area contributed by atoms with Crippen LogP contribution in [-0.4, -0.2) is 28.8 Å². The van der Waals surface area contributed by atoms with Crippen molar-refractivity contribution in [2.75, 3.05) is 25.2 Å². The quantitative estimate of drug-likeness (QED) is 0.768. The zero-order chi connectivity index (χ0) is 17.5. The topological polar surface area (TPSA) is 77.5 Å². The van der Waals surface area contributed by atoms with Gasteiger partial charge in [-0.25, -0.2) is 9.50 Å². The fourth-order valence-corrected chi connectivity index (χ4v) is 2.55. The lowest BCUT2D eigenvalue weighted by molar-refractivity contribution is -0.136. The Bertz CT molecular complexity index is 904. The Kier molecular flexibility index (Phi) is 3.70. The van der Waals surface area contributed by atoms with Crippen LogP contribution in [0.2, 0.25) is 0 Å². The number of alkyl halides is 3. The number of nitrogens with two attached hydrogens (primary N) is 1. The summed E-state index contributed by atoms with van der Waals surface area (Å²) in [6.45, 7) is 0. The first-order valence-electron chi connectivity index (χ1n) is 6.92. The summed E-state index contributed by atoms with van der Waals surface area (Å²) in [5, 5.41) is 6.86. The second-order valence-electron chi connectivity index (χ2n) is 5.01. The van der Waals surface area contributed by atoms with Crippen LogP contribution in [0, 0.1) is 0 Å². The van der Waals surface area contributed by atoms with Crippen LogP contribution in [0.4, 0.5) is 24.7 Å². The lowest BCUT2D eigenvalue weighted by atomic mass is 10.1. The van der Waals surface area contributed by atoms with Crippen molar-refractivity contribution in [3.05, 3.63) is 36.2 Å². The second kappa shape index (κ2) is 5.59. The van der Waals surface area contributed by atoms with Crippen LogP contribution in [-0.2, 0) is 6.18 Å². The van der Waals surface area contributed by atoms with Gasteiger partial charge in [0.25, 0.3) is 0 Å². The molecular weight excluding hydrogens is 323 g/mol. The molecule has 0 saturated heterocycles. The Balaban J connectivity index is 2.30. The number of hydrogen-bond acceptors (Lipinski definition) is 5. The first kappa shape index (κ1) is 15.9. The van der Waals surface area contributed by atoms with E-state index in [1.54, 1.807) is 25.2 Å². The SMILES string of the molecule is CNc1cc(-c2cc(C(F)(F)F)c3c(N)ncnn23)ccc1OC. The number of nitrogens with one attached hydrogen (secondary N) is 1. The highest BCUT2D eigenvalue weighted by molar-refractivity contribution is 5.80. The van der Waals surface area contributed by atoms with E-state index in [0.717, 1.165) is 16.9 Å². The predicted molar refractivity (Wildman–Crippen MR) is 83.9 cm³/mol. The van der Waals surface area contributed by atoms with E-state index in [-0.39, 0.29) is 17.0 Å². The second-order valence-corrected chi connectivity index (χ2v) is 5.01. The van der Waals surface area contributed by atoms with Gasteiger partial charge in [-0.15, -0.1) is 0 Å². The minimum atomic E-state index is -4.57. The van der Waals surface area contributed by atoms with Crippen molar-refractivity contribution < 1.29 is 17.9 Å². The first-order chi connectivity index (χ1) is 11.4. The number of nitrogens with zero attached hydrogens (tertiary/aromatic N) is 3. The van der Waals surface area contributed by atoms with Crippen LogP contribution < -0.4 is 15.8 Å². The maximum absolute atomic E-state index is 13.3. The maximum atomic E-state index is 13.3. The molecule has 0 aliphatic rings. The molecule has 3 rings (SSSR count). The molecule has 3 N–H and O–H groups in total. The molecule has 0 bridgehead atoms. The number of rotatable bonds is 3. The van der Waals surface area contributed by atoms with E-state index in [2.05, 4.69) is 15.4 Å². The summed E-state index contributed by atoms with van der Waals surface area (Å²) in [5.74, 6) is 0.346. The molecule has 3 aromatic rings. The summed E-state index contributed by atoms with van der Waals surface area (Å²) >= 11 is 0. The van der Waals surface area contributed by atoms with Gasteiger partial charge < -0.3 is 15.8 Å². The molecule has 0 amide bonds. The average Bonchev–Trinajstić information content (AvgIpc) is 2.95. The molecular formula is C15H14F3N5O. The predicted octanol–water partition coefficient (Wildman–Crippen LogP) is 3.05. The molecule has 1 aromatic carbocycles. The van der Waals surface area contributed by atoms with Gasteiger partial charge in [0.05, 0.1) is 24.1 Å². The van der Waals surface area contributed by atoms with E-state index < -0.39 is 11.7 Å². The summed E-state index contributed by atoms with van der Waals surface area (Å²) in [4.78, 5) is 3.66. The average molecular weight is 337 g/mol. The zero-order valence-corrected chi connectivity index (χ0v) is 12.8. The number of nitrogen functional groups attached to an aromatic ring is 1. The van der Waals surface area contributed by atoms with E-state index >= 15 is 0 Å². The van der Waals surface area contributed by atoms with Crippen LogP contribution in [0.1, 0.15) is 5.56 Å². The van der Waals surface area contributed by atoms with Crippen molar-refractivity contribution in [2.45, 2.75) is 6.18 Å². The van der Waals surface area contributed by atoms with E-state index in [9.17, 15) is 13.2 Å². The zero-order valence-electron chi connectivity index (χ0n) is 12.8. The lowest BCUT2D eigenvalue weighted by Gasteiger charge is -2.10. The van der Waals surface area contributed by atoms with E-state index in [1.165, 1.54) is 7.11 Å². The summed E-state index contributed by atoms with van der Waals surface area (Å²) in [5.41, 5.74) is 5.93. The van der Waals surface area contributed by atoms with Crippen molar-refractivity contribution in [1.29, 1.82) is 0 Å². The summed E-state index contributed by atoms with van der Waals surface area (Å²) in [7, 11) is 3.21. The Hall–Kier alpha value is -2.97. The van der Waals surface area contributed by atoms with Crippen LogP contribution in [0.3, 0.4) is 0 Å². The molecule has 24 heavy (non-hydrogen) atoms. The number of fused-ring (bicyclic) bond motifs is 1. The van der Waals surface area contributed by atoms with Crippen molar-refractivity contribution in [3.63, 3.8) is 0 Å². The van der Waals surface area contributed by atoms with Gasteiger partial charge in [0, 0.05) is 12.6 Å². The molecule has 6 nitrogen and oxygen atoms in total. The third kappa shape index (κ3) is 2.47. The van der Waals surface area contributed by atoms with E-state index in [0.29, 0.717) is 17.0 Å². The van der Waals surface area contributed by atoms with Gasteiger partial charge in [0.1, 0.15) is 17.6 Å². The maximum Gasteiger partial charge on any atom is 0.418 e. The molecule has 2 heterocycles. The van der Waals surface area contributed by atoms with E-state index in [1.807, 2.05) is 0 Å². The number of hydrogen-bond donors (Lipinski definition) is 2. The van der Waals surface area contributed by atoms with Gasteiger partial charge in [-0.3, -0.25) is 0 Å². The molecule has 0 fully saturated rings. The highest BCUT2D eigenvalue weighted by Crippen LogP contribution is 2.39. The van der Waals surface area contributed by atoms with Crippen LogP contribution in [0.5, 0.6) is 5.75 Å². The summed E-state index contributed by atoms with van der Waals surface area (Å²) in [6.07, 6.45) is -3.45. The third-order valence-corrected chi connectivity index (χ3v) is 3.65. The van der Waals surface area contributed by atoms with E-state index in [4.69, 9.17) is 10.5 Å². The number of anilines is 2. The number of halogens is 3. The largest absolute Gasteiger partial charge is 0.495 e. The molecule has 2 aromatic heterocycles. The molecule has 126 valence electrons. The molecule has 0 aliphatic heterocycles. The Morgan fingerprint density at radius 2 is 2.00 bits per heavy atom. The smallest absolute Gasteiger partial charge is 0.418 e. The van der Waals surface area contributed by atoms with Gasteiger partial charge in [-0.1, -0.05) is 0 Å². The summed E-state index contributed by atoms with van der Waals surface area (Å²) in [6, 6.07) is 6.01. The minimum Gasteiger partial charge on any atom is -0.495 e. The van der Waals surface area contributed by atoms with Crippen LogP contribution in [0.15, 0.2) is 30.6 Å². The normalized spacial score (nSPS) is 11.7. The van der Waals surface area contributed by atoms with Crippen molar-refractivity contribution in [1.82, 2.24) is 14.6 Å². The molecule has 9 heteroatoms. The van der Waals surface area contributed by atoms with Crippen LogP contribution >= 0.6 is 0 Å². The Morgan fingerprint density at radius 3 is 2.62 bits per heavy atom. The van der Waals surface area contributed by atoms with Crippen molar-refractivity contribution >= 4 is 17.0 Å². The van der Waals surface area contributed by atoms with Gasteiger partial charge in [-0.2, -0.15) is 18.3 Å². The Labute approximate surface area is 135 Å². The number of benzene rings is 1. The van der Waals surface area contributed by atoms with Crippen molar-refractivity contribution in [2.24, 2.45) is 0 Å². The Morgan fingerprint density at radius 1 is 1.25 bits per heavy atom. The van der Waals surface area contributed by atoms with Gasteiger partial charge >= 0.3 is 6.18 Å². The molecule has 0 atom stereocenters. The highest BCUT2D eigenvalue weighted by Gasteiger charge is 2.36. The molecule has 0 unspecified atom stereocenters. The number of aromatic nitrogens is 3. The molecule has 0 spiro atoms. The molecule has 0 aliphatic carbocycles. The lowest BCUT2D eigenvalue weighted by Crippen LogP contribution is -2.07. The number of methoxy groups -OCH3 is 1. The summed E-state index contributed by atoms with van der Waals surface area (Å²) < 4.78 is 46.3. The first-order valence-corrected chi connectivity index (χ1v) is 6.92. The van der Waals surface area contributed by atoms with Gasteiger partial charge in [0.15, 0.2) is 5.82 Å².